The van der Waals surface area contributed by atoms with Gasteiger partial charge in [0.05, 0.1) is 0 Å². The molecule has 6 aromatic rings. The molecule has 1 nitrogen and oxygen atoms in total. The van der Waals surface area contributed by atoms with E-state index in [1.165, 1.54) is 50.2 Å². The molecule has 0 heterocycles. The lowest BCUT2D eigenvalue weighted by atomic mass is 9.93. The molecule has 0 saturated heterocycles. The third-order valence-corrected chi connectivity index (χ3v) is 7.06. The Hall–Kier alpha value is -4.88. The number of nitrogens with zero attached hydrogens (tertiary/aromatic N) is 1. The highest BCUT2D eigenvalue weighted by Gasteiger charge is 2.13. The number of anilines is 2. The maximum atomic E-state index is 2.30. The summed E-state index contributed by atoms with van der Waals surface area (Å²) in [4.78, 5) is 2.28. The Morgan fingerprint density at radius 1 is 0.342 bits per heavy atom. The van der Waals surface area contributed by atoms with Crippen molar-refractivity contribution in [1.82, 2.24) is 0 Å². The fourth-order valence-electron chi connectivity index (χ4n) is 5.05. The highest BCUT2D eigenvalue weighted by atomic mass is 15.1. The maximum absolute atomic E-state index is 2.30. The van der Waals surface area contributed by atoms with E-state index >= 15 is 0 Å². The van der Waals surface area contributed by atoms with E-state index in [0.29, 0.717) is 0 Å². The van der Waals surface area contributed by atoms with E-state index in [1.54, 1.807) is 0 Å². The largest absolute Gasteiger partial charge is 0.344 e. The molecule has 0 aromatic heterocycles. The second-order valence-corrected chi connectivity index (χ2v) is 9.52. The van der Waals surface area contributed by atoms with Crippen molar-refractivity contribution in [2.75, 3.05) is 11.9 Å². The minimum Gasteiger partial charge on any atom is -0.344 e. The molecule has 0 unspecified atom stereocenters. The van der Waals surface area contributed by atoms with Crippen LogP contribution in [0.15, 0.2) is 158 Å². The molecule has 1 heteroatoms. The summed E-state index contributed by atoms with van der Waals surface area (Å²) in [6, 6.07) is 56.2. The van der Waals surface area contributed by atoms with Crippen LogP contribution >= 0.6 is 0 Å². The van der Waals surface area contributed by atoms with Gasteiger partial charge in [0.15, 0.2) is 0 Å². The van der Waals surface area contributed by atoms with Gasteiger partial charge in [-0.1, -0.05) is 121 Å². The second kappa shape index (κ2) is 10.6. The second-order valence-electron chi connectivity index (χ2n) is 9.52. The molecule has 0 spiro atoms. The van der Waals surface area contributed by atoms with Crippen molar-refractivity contribution in [1.29, 1.82) is 0 Å². The smallest absolute Gasteiger partial charge is 0.0487 e. The molecule has 0 N–H and O–H groups in total. The fraction of sp³-hybridized carbons (Fsp3) is 0.0270. The van der Waals surface area contributed by atoms with Gasteiger partial charge in [-0.3, -0.25) is 0 Å². The van der Waals surface area contributed by atoms with Crippen LogP contribution in [0.25, 0.3) is 44.5 Å². The molecular weight excluding hydrogens is 458 g/mol. The van der Waals surface area contributed by atoms with Gasteiger partial charge in [0.2, 0.25) is 0 Å². The van der Waals surface area contributed by atoms with Crippen LogP contribution in [0, 0.1) is 0 Å². The van der Waals surface area contributed by atoms with E-state index < -0.39 is 0 Å². The first kappa shape index (κ1) is 23.5. The van der Waals surface area contributed by atoms with Crippen LogP contribution in [0.3, 0.4) is 0 Å². The van der Waals surface area contributed by atoms with Crippen LogP contribution < -0.4 is 4.90 Å². The highest BCUT2D eigenvalue weighted by molar-refractivity contribution is 5.85. The van der Waals surface area contributed by atoms with Crippen LogP contribution in [0.2, 0.25) is 0 Å². The van der Waals surface area contributed by atoms with Gasteiger partial charge >= 0.3 is 0 Å². The van der Waals surface area contributed by atoms with Gasteiger partial charge in [0.25, 0.3) is 0 Å². The summed E-state index contributed by atoms with van der Waals surface area (Å²) < 4.78 is 0. The zero-order valence-corrected chi connectivity index (χ0v) is 21.5. The van der Waals surface area contributed by atoms with E-state index in [2.05, 4.69) is 170 Å². The molecule has 0 amide bonds. The Labute approximate surface area is 225 Å². The third-order valence-electron chi connectivity index (χ3n) is 7.06. The first-order chi connectivity index (χ1) is 18.8. The SMILES string of the molecule is CN(c1cccc(-c2cc(-c3ccccc3)cc(-c3ccccc3)c2)c1)c1ccccc1-c1ccccc1. The molecule has 0 fully saturated rings. The van der Waals surface area contributed by atoms with Crippen LogP contribution in [0.5, 0.6) is 0 Å². The van der Waals surface area contributed by atoms with E-state index in [4.69, 9.17) is 0 Å². The van der Waals surface area contributed by atoms with Gasteiger partial charge in [-0.05, 0) is 75.3 Å². The highest BCUT2D eigenvalue weighted by Crippen LogP contribution is 2.37. The van der Waals surface area contributed by atoms with Gasteiger partial charge < -0.3 is 4.90 Å². The van der Waals surface area contributed by atoms with E-state index in [9.17, 15) is 0 Å². The Balaban J connectivity index is 1.44. The summed E-state index contributed by atoms with van der Waals surface area (Å²) in [5.74, 6) is 0. The Kier molecular flexibility index (Phi) is 6.57. The summed E-state index contributed by atoms with van der Waals surface area (Å²) in [6.07, 6.45) is 0. The van der Waals surface area contributed by atoms with Crippen molar-refractivity contribution in [3.63, 3.8) is 0 Å². The van der Waals surface area contributed by atoms with Crippen LogP contribution in [0.4, 0.5) is 11.4 Å². The van der Waals surface area contributed by atoms with Crippen LogP contribution in [-0.2, 0) is 0 Å². The van der Waals surface area contributed by atoms with Crippen LogP contribution in [-0.4, -0.2) is 7.05 Å². The zero-order chi connectivity index (χ0) is 25.7. The minimum absolute atomic E-state index is 1.15. The average molecular weight is 488 g/mol. The van der Waals surface area contributed by atoms with Gasteiger partial charge in [-0.2, -0.15) is 0 Å². The predicted molar refractivity (Wildman–Crippen MR) is 163 cm³/mol. The van der Waals surface area contributed by atoms with Crippen molar-refractivity contribution < 1.29 is 0 Å². The molecule has 0 aliphatic heterocycles. The Bertz CT molecular complexity index is 1600. The normalized spacial score (nSPS) is 10.8. The van der Waals surface area contributed by atoms with Gasteiger partial charge in [0, 0.05) is 24.0 Å². The van der Waals surface area contributed by atoms with Crippen LogP contribution in [0.1, 0.15) is 0 Å². The molecule has 0 aliphatic rings. The van der Waals surface area contributed by atoms with E-state index in [-0.39, 0.29) is 0 Å². The van der Waals surface area contributed by atoms with Gasteiger partial charge in [-0.15, -0.1) is 0 Å². The minimum atomic E-state index is 1.15. The summed E-state index contributed by atoms with van der Waals surface area (Å²) >= 11 is 0. The number of hydrogen-bond acceptors (Lipinski definition) is 1. The summed E-state index contributed by atoms with van der Waals surface area (Å²) in [5.41, 5.74) is 12.0. The number of para-hydroxylation sites is 1. The first-order valence-corrected chi connectivity index (χ1v) is 13.0. The number of benzene rings is 6. The molecule has 182 valence electrons. The lowest BCUT2D eigenvalue weighted by Gasteiger charge is -2.23. The Morgan fingerprint density at radius 2 is 0.789 bits per heavy atom. The molecule has 6 aromatic carbocycles. The first-order valence-electron chi connectivity index (χ1n) is 13.0. The summed E-state index contributed by atoms with van der Waals surface area (Å²) in [5, 5.41) is 0. The molecule has 38 heavy (non-hydrogen) atoms. The lowest BCUT2D eigenvalue weighted by molar-refractivity contribution is 1.21. The van der Waals surface area contributed by atoms with E-state index in [0.717, 1.165) is 5.69 Å². The molecule has 0 radical (unpaired) electrons. The molecule has 0 bridgehead atoms. The van der Waals surface area contributed by atoms with E-state index in [1.807, 2.05) is 0 Å². The molecular formula is C37H29N. The van der Waals surface area contributed by atoms with Crippen molar-refractivity contribution in [2.24, 2.45) is 0 Å². The fourth-order valence-corrected chi connectivity index (χ4v) is 5.05. The van der Waals surface area contributed by atoms with Crippen molar-refractivity contribution >= 4 is 11.4 Å². The number of hydrogen-bond donors (Lipinski definition) is 0. The quantitative estimate of drug-likeness (QED) is 0.226. The maximum Gasteiger partial charge on any atom is 0.0487 e. The third kappa shape index (κ3) is 4.87. The van der Waals surface area contributed by atoms with Crippen molar-refractivity contribution in [2.45, 2.75) is 0 Å². The van der Waals surface area contributed by atoms with Gasteiger partial charge in [0.1, 0.15) is 0 Å². The molecule has 0 aliphatic carbocycles. The van der Waals surface area contributed by atoms with Crippen molar-refractivity contribution in [3.05, 3.63) is 158 Å². The molecule has 0 atom stereocenters. The zero-order valence-electron chi connectivity index (χ0n) is 21.5. The number of rotatable bonds is 6. The summed E-state index contributed by atoms with van der Waals surface area (Å²) in [7, 11) is 2.15. The molecule has 0 saturated carbocycles. The standard InChI is InChI=1S/C37H29N/c1-38(37-23-12-11-22-36(37)30-18-9-4-10-19-30)35-21-13-20-31(27-35)34-25-32(28-14-5-2-6-15-28)24-33(26-34)29-16-7-3-8-17-29/h2-27H,1H3. The lowest BCUT2D eigenvalue weighted by Crippen LogP contribution is -2.10. The topological polar surface area (TPSA) is 3.24 Å². The van der Waals surface area contributed by atoms with Crippen molar-refractivity contribution in [3.8, 4) is 44.5 Å². The Morgan fingerprint density at radius 3 is 1.37 bits per heavy atom. The van der Waals surface area contributed by atoms with Gasteiger partial charge in [-0.25, -0.2) is 0 Å². The predicted octanol–water partition coefficient (Wildman–Crippen LogP) is 10.1. The molecule has 6 rings (SSSR count). The average Bonchev–Trinajstić information content (AvgIpc) is 3.02. The monoisotopic (exact) mass is 487 g/mol. The summed E-state index contributed by atoms with van der Waals surface area (Å²) in [6.45, 7) is 0.